The fourth-order valence-corrected chi connectivity index (χ4v) is 3.73. The fraction of sp³-hybridized carbons (Fsp3) is 0.667. The highest BCUT2D eigenvalue weighted by Gasteiger charge is 2.27. The Kier molecular flexibility index (Phi) is 5.54. The molecule has 2 N–H and O–H groups in total. The summed E-state index contributed by atoms with van der Waals surface area (Å²) in [5, 5.41) is 21.9. The number of aliphatic hydroxyl groups excluding tert-OH is 1. The number of aliphatic hydroxyl groups is 1. The zero-order valence-electron chi connectivity index (χ0n) is 14.5. The van der Waals surface area contributed by atoms with E-state index in [0.717, 1.165) is 50.5 Å². The summed E-state index contributed by atoms with van der Waals surface area (Å²) < 4.78 is 0. The predicted octanol–water partition coefficient (Wildman–Crippen LogP) is 1.73. The molecule has 3 rings (SSSR count). The molecule has 0 aliphatic carbocycles. The highest BCUT2D eigenvalue weighted by molar-refractivity contribution is 5.67. The largest absolute Gasteiger partial charge is 0.395 e. The molecule has 0 saturated carbocycles. The maximum Gasteiger partial charge on any atom is 0.146 e. The number of hydrogen-bond donors (Lipinski definition) is 2. The molecule has 3 heterocycles. The molecule has 1 saturated heterocycles. The highest BCUT2D eigenvalue weighted by atomic mass is 16.3. The topological polar surface area (TPSA) is 75.4 Å². The van der Waals surface area contributed by atoms with E-state index in [1.165, 1.54) is 24.8 Å². The van der Waals surface area contributed by atoms with E-state index in [1.807, 2.05) is 0 Å². The highest BCUT2D eigenvalue weighted by Crippen LogP contribution is 2.34. The summed E-state index contributed by atoms with van der Waals surface area (Å²) in [5.41, 5.74) is 3.05. The van der Waals surface area contributed by atoms with Crippen LogP contribution in [0.1, 0.15) is 42.9 Å². The van der Waals surface area contributed by atoms with Gasteiger partial charge < -0.3 is 15.3 Å². The van der Waals surface area contributed by atoms with Crippen LogP contribution < -0.4 is 10.2 Å². The van der Waals surface area contributed by atoms with Crippen molar-refractivity contribution in [3.8, 4) is 6.07 Å². The van der Waals surface area contributed by atoms with Gasteiger partial charge in [-0.3, -0.25) is 4.90 Å². The molecular formula is C18H27N5O. The van der Waals surface area contributed by atoms with Crippen molar-refractivity contribution < 1.29 is 5.11 Å². The number of aromatic nitrogens is 1. The minimum absolute atomic E-state index is 0.0340. The SMILES string of the molecule is CCN1CCc2c(C#N)c(NCCO)nc(N3CCCCC3)c2C1. The maximum atomic E-state index is 9.68. The first-order valence-corrected chi connectivity index (χ1v) is 9.06. The minimum Gasteiger partial charge on any atom is -0.395 e. The van der Waals surface area contributed by atoms with E-state index in [2.05, 4.69) is 28.1 Å². The molecule has 0 spiro atoms. The van der Waals surface area contributed by atoms with Gasteiger partial charge in [0.2, 0.25) is 0 Å². The number of nitrogens with zero attached hydrogens (tertiary/aromatic N) is 4. The van der Waals surface area contributed by atoms with Gasteiger partial charge in [0.25, 0.3) is 0 Å². The second-order valence-corrected chi connectivity index (χ2v) is 6.54. The number of anilines is 2. The lowest BCUT2D eigenvalue weighted by atomic mass is 9.94. The molecule has 0 aromatic carbocycles. The second kappa shape index (κ2) is 7.82. The van der Waals surface area contributed by atoms with Crippen LogP contribution in [0.5, 0.6) is 0 Å². The Hall–Kier alpha value is -1.84. The normalized spacial score (nSPS) is 18.1. The number of nitrogens with one attached hydrogen (secondary N) is 1. The van der Waals surface area contributed by atoms with Gasteiger partial charge in [0, 0.05) is 38.3 Å². The van der Waals surface area contributed by atoms with E-state index >= 15 is 0 Å². The average molecular weight is 329 g/mol. The molecule has 0 unspecified atom stereocenters. The van der Waals surface area contributed by atoms with Crippen LogP contribution in [0, 0.1) is 11.3 Å². The van der Waals surface area contributed by atoms with Crippen LogP contribution in [0.4, 0.5) is 11.6 Å². The third-order valence-corrected chi connectivity index (χ3v) is 5.07. The van der Waals surface area contributed by atoms with Gasteiger partial charge in [-0.1, -0.05) is 6.92 Å². The van der Waals surface area contributed by atoms with Crippen LogP contribution in [-0.4, -0.2) is 54.3 Å². The molecule has 0 radical (unpaired) electrons. The minimum atomic E-state index is 0.0340. The molecule has 1 aromatic heterocycles. The first-order valence-electron chi connectivity index (χ1n) is 9.06. The molecule has 6 heteroatoms. The molecule has 130 valence electrons. The first kappa shape index (κ1) is 17.0. The molecule has 2 aliphatic heterocycles. The quantitative estimate of drug-likeness (QED) is 0.857. The van der Waals surface area contributed by atoms with Gasteiger partial charge in [-0.15, -0.1) is 0 Å². The summed E-state index contributed by atoms with van der Waals surface area (Å²) in [4.78, 5) is 9.64. The standard InChI is InChI=1S/C18H27N5O/c1-2-22-10-6-14-15(12-19)17(20-7-11-24)21-18(16(14)13-22)23-8-4-3-5-9-23/h24H,2-11,13H2,1H3,(H,20,21). The number of likely N-dealkylation sites (N-methyl/N-ethyl adjacent to an activating group) is 1. The summed E-state index contributed by atoms with van der Waals surface area (Å²) >= 11 is 0. The van der Waals surface area contributed by atoms with Crippen LogP contribution in [0.25, 0.3) is 0 Å². The maximum absolute atomic E-state index is 9.68. The van der Waals surface area contributed by atoms with Crippen LogP contribution in [0.3, 0.4) is 0 Å². The third kappa shape index (κ3) is 3.33. The number of piperidine rings is 1. The van der Waals surface area contributed by atoms with E-state index in [4.69, 9.17) is 10.1 Å². The molecule has 1 aromatic rings. The Morgan fingerprint density at radius 3 is 2.67 bits per heavy atom. The smallest absolute Gasteiger partial charge is 0.146 e. The Morgan fingerprint density at radius 2 is 2.00 bits per heavy atom. The van der Waals surface area contributed by atoms with Crippen molar-refractivity contribution in [1.29, 1.82) is 5.26 Å². The van der Waals surface area contributed by atoms with Crippen molar-refractivity contribution in [2.45, 2.75) is 39.2 Å². The lowest BCUT2D eigenvalue weighted by molar-refractivity contribution is 0.267. The van der Waals surface area contributed by atoms with E-state index < -0.39 is 0 Å². The molecule has 0 bridgehead atoms. The second-order valence-electron chi connectivity index (χ2n) is 6.54. The van der Waals surface area contributed by atoms with E-state index in [-0.39, 0.29) is 6.61 Å². The van der Waals surface area contributed by atoms with Gasteiger partial charge in [0.1, 0.15) is 17.7 Å². The summed E-state index contributed by atoms with van der Waals surface area (Å²) in [6.07, 6.45) is 4.58. The van der Waals surface area contributed by atoms with Gasteiger partial charge in [-0.2, -0.15) is 5.26 Å². The Balaban J connectivity index is 2.06. The summed E-state index contributed by atoms with van der Waals surface area (Å²) in [6, 6.07) is 2.35. The Bertz CT molecular complexity index is 619. The number of fused-ring (bicyclic) bond motifs is 1. The van der Waals surface area contributed by atoms with Crippen molar-refractivity contribution in [1.82, 2.24) is 9.88 Å². The van der Waals surface area contributed by atoms with Crippen molar-refractivity contribution in [3.05, 3.63) is 16.7 Å². The Morgan fingerprint density at radius 1 is 1.21 bits per heavy atom. The van der Waals surface area contributed by atoms with Gasteiger partial charge >= 0.3 is 0 Å². The number of pyridine rings is 1. The van der Waals surface area contributed by atoms with Crippen LogP contribution in [0.15, 0.2) is 0 Å². The number of rotatable bonds is 5. The van der Waals surface area contributed by atoms with Gasteiger partial charge in [0.05, 0.1) is 12.2 Å². The van der Waals surface area contributed by atoms with Crippen molar-refractivity contribution in [3.63, 3.8) is 0 Å². The van der Waals surface area contributed by atoms with Crippen LogP contribution in [0.2, 0.25) is 0 Å². The Labute approximate surface area is 144 Å². The molecule has 24 heavy (non-hydrogen) atoms. The average Bonchev–Trinajstić information content (AvgIpc) is 2.65. The first-order chi connectivity index (χ1) is 11.8. The lowest BCUT2D eigenvalue weighted by Crippen LogP contribution is -2.36. The van der Waals surface area contributed by atoms with Crippen molar-refractivity contribution >= 4 is 11.6 Å². The van der Waals surface area contributed by atoms with Crippen molar-refractivity contribution in [2.24, 2.45) is 0 Å². The molecule has 0 atom stereocenters. The molecule has 2 aliphatic rings. The predicted molar refractivity (Wildman–Crippen MR) is 95.2 cm³/mol. The summed E-state index contributed by atoms with van der Waals surface area (Å²) in [6.45, 7) is 7.59. The van der Waals surface area contributed by atoms with Crippen molar-refractivity contribution in [2.75, 3.05) is 49.5 Å². The number of nitriles is 1. The lowest BCUT2D eigenvalue weighted by Gasteiger charge is -2.35. The molecule has 1 fully saturated rings. The zero-order chi connectivity index (χ0) is 16.9. The monoisotopic (exact) mass is 329 g/mol. The van der Waals surface area contributed by atoms with E-state index in [1.54, 1.807) is 0 Å². The molecular weight excluding hydrogens is 302 g/mol. The summed E-state index contributed by atoms with van der Waals surface area (Å²) in [5.74, 6) is 1.68. The van der Waals surface area contributed by atoms with Gasteiger partial charge in [0.15, 0.2) is 0 Å². The van der Waals surface area contributed by atoms with Crippen LogP contribution >= 0.6 is 0 Å². The fourth-order valence-electron chi connectivity index (χ4n) is 3.73. The van der Waals surface area contributed by atoms with Crippen LogP contribution in [-0.2, 0) is 13.0 Å². The van der Waals surface area contributed by atoms with E-state index in [9.17, 15) is 5.26 Å². The zero-order valence-corrected chi connectivity index (χ0v) is 14.5. The molecule has 6 nitrogen and oxygen atoms in total. The third-order valence-electron chi connectivity index (χ3n) is 5.07. The number of hydrogen-bond acceptors (Lipinski definition) is 6. The van der Waals surface area contributed by atoms with E-state index in [0.29, 0.717) is 17.9 Å². The van der Waals surface area contributed by atoms with Gasteiger partial charge in [-0.05, 0) is 37.8 Å². The summed E-state index contributed by atoms with van der Waals surface area (Å²) in [7, 11) is 0. The van der Waals surface area contributed by atoms with Gasteiger partial charge in [-0.25, -0.2) is 4.98 Å². The molecule has 0 amide bonds.